The van der Waals surface area contributed by atoms with E-state index in [2.05, 4.69) is 5.32 Å². The normalized spacial score (nSPS) is 14.8. The van der Waals surface area contributed by atoms with Gasteiger partial charge in [-0.3, -0.25) is 19.9 Å². The van der Waals surface area contributed by atoms with Crippen LogP contribution >= 0.6 is 11.8 Å². The number of nitrogens with two attached hydrogens (primary N) is 1. The Labute approximate surface area is 210 Å². The Hall–Kier alpha value is -4.00. The predicted octanol–water partition coefficient (Wildman–Crippen LogP) is 3.55. The Bertz CT molecular complexity index is 1470. The molecular formula is C24H19FN4O5S2. The Morgan fingerprint density at radius 1 is 1.08 bits per heavy atom. The first-order valence-electron chi connectivity index (χ1n) is 10.3. The van der Waals surface area contributed by atoms with Gasteiger partial charge in [0.25, 0.3) is 11.8 Å². The van der Waals surface area contributed by atoms with Crippen molar-refractivity contribution in [1.82, 2.24) is 0 Å². The van der Waals surface area contributed by atoms with E-state index in [4.69, 9.17) is 15.3 Å². The van der Waals surface area contributed by atoms with E-state index in [-0.39, 0.29) is 21.6 Å². The van der Waals surface area contributed by atoms with Crippen molar-refractivity contribution in [3.63, 3.8) is 0 Å². The maximum absolute atomic E-state index is 13.2. The molecule has 0 unspecified atom stereocenters. The minimum Gasteiger partial charge on any atom is -0.483 e. The monoisotopic (exact) mass is 526 g/mol. The lowest BCUT2D eigenvalue weighted by atomic mass is 10.2. The molecule has 1 aliphatic rings. The van der Waals surface area contributed by atoms with Crippen LogP contribution in [0.5, 0.6) is 5.75 Å². The van der Waals surface area contributed by atoms with Crippen LogP contribution in [0.3, 0.4) is 0 Å². The van der Waals surface area contributed by atoms with E-state index in [1.165, 1.54) is 53.4 Å². The number of nitrogens with zero attached hydrogens (tertiary/aromatic N) is 1. The zero-order chi connectivity index (χ0) is 25.9. The van der Waals surface area contributed by atoms with Crippen LogP contribution < -0.4 is 20.1 Å². The fraction of sp³-hybridized carbons (Fsp3) is 0.0417. The number of nitrogens with one attached hydrogen (secondary N) is 2. The number of anilines is 2. The molecular weight excluding hydrogens is 507 g/mol. The Morgan fingerprint density at radius 3 is 2.42 bits per heavy atom. The Balaban J connectivity index is 1.44. The highest BCUT2D eigenvalue weighted by atomic mass is 32.2. The molecule has 4 N–H and O–H groups in total. The number of carbonyl (C=O) groups is 2. The molecule has 36 heavy (non-hydrogen) atoms. The highest BCUT2D eigenvalue weighted by Gasteiger charge is 2.33. The fourth-order valence-electron chi connectivity index (χ4n) is 3.25. The van der Waals surface area contributed by atoms with Gasteiger partial charge in [0, 0.05) is 11.3 Å². The average Bonchev–Trinajstić information content (AvgIpc) is 3.11. The van der Waals surface area contributed by atoms with Crippen LogP contribution in [0.25, 0.3) is 6.08 Å². The maximum Gasteiger partial charge on any atom is 0.271 e. The average molecular weight is 527 g/mol. The van der Waals surface area contributed by atoms with Crippen LogP contribution in [0.15, 0.2) is 82.6 Å². The first-order chi connectivity index (χ1) is 17.1. The van der Waals surface area contributed by atoms with Crippen molar-refractivity contribution in [2.24, 2.45) is 5.14 Å². The zero-order valence-electron chi connectivity index (χ0n) is 18.5. The number of sulfonamides is 1. The lowest BCUT2D eigenvalue weighted by Crippen LogP contribution is -2.28. The number of halogens is 1. The van der Waals surface area contributed by atoms with Gasteiger partial charge in [0.2, 0.25) is 10.0 Å². The molecule has 0 spiro atoms. The molecule has 1 heterocycles. The highest BCUT2D eigenvalue weighted by molar-refractivity contribution is 8.19. The molecule has 0 atom stereocenters. The van der Waals surface area contributed by atoms with Gasteiger partial charge < -0.3 is 10.1 Å². The number of hydrogen-bond donors (Lipinski definition) is 3. The predicted molar refractivity (Wildman–Crippen MR) is 136 cm³/mol. The fourth-order valence-corrected chi connectivity index (χ4v) is 4.62. The molecule has 1 fully saturated rings. The van der Waals surface area contributed by atoms with Gasteiger partial charge in [0.05, 0.1) is 15.5 Å². The SMILES string of the molecule is N=C1S/C(=C\c2ccccc2OCC(=O)Nc2ccc(S(N)(=O)=O)cc2)C(=O)N1c1ccc(F)cc1. The topological polar surface area (TPSA) is 143 Å². The molecule has 12 heteroatoms. The van der Waals surface area contributed by atoms with Gasteiger partial charge in [-0.15, -0.1) is 0 Å². The van der Waals surface area contributed by atoms with Crippen LogP contribution in [0.2, 0.25) is 0 Å². The van der Waals surface area contributed by atoms with Gasteiger partial charge in [-0.25, -0.2) is 17.9 Å². The van der Waals surface area contributed by atoms with E-state index in [0.717, 1.165) is 11.8 Å². The van der Waals surface area contributed by atoms with E-state index in [1.807, 2.05) is 0 Å². The number of thioether (sulfide) groups is 1. The van der Waals surface area contributed by atoms with E-state index in [1.54, 1.807) is 30.3 Å². The van der Waals surface area contributed by atoms with Crippen LogP contribution in [0.4, 0.5) is 15.8 Å². The number of rotatable bonds is 7. The highest BCUT2D eigenvalue weighted by Crippen LogP contribution is 2.36. The number of amides is 2. The quantitative estimate of drug-likeness (QED) is 0.402. The summed E-state index contributed by atoms with van der Waals surface area (Å²) >= 11 is 0.954. The van der Waals surface area contributed by atoms with Crippen molar-refractivity contribution in [2.45, 2.75) is 4.90 Å². The molecule has 3 aromatic carbocycles. The molecule has 9 nitrogen and oxygen atoms in total. The summed E-state index contributed by atoms with van der Waals surface area (Å²) < 4.78 is 41.6. The van der Waals surface area contributed by atoms with Gasteiger partial charge in [0.1, 0.15) is 11.6 Å². The number of ether oxygens (including phenoxy) is 1. The van der Waals surface area contributed by atoms with Crippen molar-refractivity contribution < 1.29 is 27.1 Å². The minimum atomic E-state index is -3.84. The molecule has 1 aliphatic heterocycles. The summed E-state index contributed by atoms with van der Waals surface area (Å²) in [5.41, 5.74) is 1.26. The first-order valence-corrected chi connectivity index (χ1v) is 12.7. The van der Waals surface area contributed by atoms with E-state index >= 15 is 0 Å². The number of hydrogen-bond acceptors (Lipinski definition) is 7. The van der Waals surface area contributed by atoms with Gasteiger partial charge in [-0.05, 0) is 72.4 Å². The lowest BCUT2D eigenvalue weighted by molar-refractivity contribution is -0.118. The van der Waals surface area contributed by atoms with Crippen molar-refractivity contribution in [1.29, 1.82) is 5.41 Å². The van der Waals surface area contributed by atoms with Crippen LogP contribution in [-0.4, -0.2) is 32.0 Å². The summed E-state index contributed by atoms with van der Waals surface area (Å²) in [7, 11) is -3.84. The number of primary sulfonamides is 1. The summed E-state index contributed by atoms with van der Waals surface area (Å²) in [5.74, 6) is -1.04. The van der Waals surface area contributed by atoms with Gasteiger partial charge in [0.15, 0.2) is 11.8 Å². The standard InChI is InChI=1S/C24H19FN4O5S2/c25-16-5-9-18(10-6-16)29-23(31)21(35-24(29)26)13-15-3-1-2-4-20(15)34-14-22(30)28-17-7-11-19(12-8-17)36(27,32)33/h1-13,26H,14H2,(H,28,30)(H2,27,32,33)/b21-13-,26-24?. The second kappa shape index (κ2) is 10.3. The summed E-state index contributed by atoms with van der Waals surface area (Å²) in [6.45, 7) is -0.351. The van der Waals surface area contributed by atoms with Crippen molar-refractivity contribution in [3.05, 3.63) is 89.1 Å². The summed E-state index contributed by atoms with van der Waals surface area (Å²) in [6.07, 6.45) is 1.56. The molecule has 0 bridgehead atoms. The lowest BCUT2D eigenvalue weighted by Gasteiger charge is -2.14. The van der Waals surface area contributed by atoms with Crippen molar-refractivity contribution >= 4 is 56.2 Å². The molecule has 0 aliphatic carbocycles. The van der Waals surface area contributed by atoms with E-state index in [0.29, 0.717) is 22.7 Å². The number of carbonyl (C=O) groups excluding carboxylic acids is 2. The summed E-state index contributed by atoms with van der Waals surface area (Å²) in [5, 5.41) is 15.8. The third-order valence-electron chi connectivity index (χ3n) is 4.94. The maximum atomic E-state index is 13.2. The number of amidine groups is 1. The molecule has 0 saturated carbocycles. The molecule has 0 aromatic heterocycles. The van der Waals surface area contributed by atoms with E-state index in [9.17, 15) is 22.4 Å². The summed E-state index contributed by atoms with van der Waals surface area (Å²) in [6, 6.07) is 17.4. The summed E-state index contributed by atoms with van der Waals surface area (Å²) in [4.78, 5) is 26.6. The number of para-hydroxylation sites is 1. The second-order valence-corrected chi connectivity index (χ2v) is 10.1. The van der Waals surface area contributed by atoms with Gasteiger partial charge in [-0.1, -0.05) is 18.2 Å². The van der Waals surface area contributed by atoms with Crippen molar-refractivity contribution in [2.75, 3.05) is 16.8 Å². The van der Waals surface area contributed by atoms with Crippen LogP contribution in [0.1, 0.15) is 5.56 Å². The zero-order valence-corrected chi connectivity index (χ0v) is 20.1. The third-order valence-corrected chi connectivity index (χ3v) is 6.76. The molecule has 2 amide bonds. The first kappa shape index (κ1) is 25.1. The van der Waals surface area contributed by atoms with Crippen LogP contribution in [-0.2, 0) is 19.6 Å². The molecule has 1 saturated heterocycles. The van der Waals surface area contributed by atoms with E-state index < -0.39 is 27.7 Å². The molecule has 0 radical (unpaired) electrons. The van der Waals surface area contributed by atoms with Crippen LogP contribution in [0, 0.1) is 11.2 Å². The Kier molecular flexibility index (Phi) is 7.20. The minimum absolute atomic E-state index is 0.0240. The molecule has 3 aromatic rings. The van der Waals surface area contributed by atoms with Gasteiger partial charge >= 0.3 is 0 Å². The molecule has 184 valence electrons. The molecule has 4 rings (SSSR count). The van der Waals surface area contributed by atoms with Crippen molar-refractivity contribution in [3.8, 4) is 5.75 Å². The third kappa shape index (κ3) is 5.79. The second-order valence-electron chi connectivity index (χ2n) is 7.48. The largest absolute Gasteiger partial charge is 0.483 e. The van der Waals surface area contributed by atoms with Gasteiger partial charge in [-0.2, -0.15) is 0 Å². The Morgan fingerprint density at radius 2 is 1.75 bits per heavy atom. The number of benzene rings is 3. The smallest absolute Gasteiger partial charge is 0.271 e.